The Morgan fingerprint density at radius 2 is 1.71 bits per heavy atom. The van der Waals surface area contributed by atoms with Gasteiger partial charge in [0.1, 0.15) is 17.4 Å². The summed E-state index contributed by atoms with van der Waals surface area (Å²) in [5, 5.41) is 9.44. The molecule has 17 heavy (non-hydrogen) atoms. The van der Waals surface area contributed by atoms with Crippen LogP contribution in [0, 0.1) is 11.6 Å². The quantitative estimate of drug-likeness (QED) is 0.811. The van der Waals surface area contributed by atoms with Gasteiger partial charge in [-0.25, -0.2) is 8.78 Å². The molecule has 0 amide bonds. The third kappa shape index (κ3) is 2.30. The van der Waals surface area contributed by atoms with E-state index in [9.17, 15) is 18.7 Å². The molecule has 0 aliphatic rings. The van der Waals surface area contributed by atoms with Crippen LogP contribution in [-0.2, 0) is 0 Å². The molecule has 2 aromatic rings. The summed E-state index contributed by atoms with van der Waals surface area (Å²) in [6.45, 7) is 0. The second-order valence-corrected chi connectivity index (χ2v) is 3.50. The molecule has 0 fully saturated rings. The zero-order chi connectivity index (χ0) is 12.4. The highest BCUT2D eigenvalue weighted by atomic mass is 19.1. The maximum Gasteiger partial charge on any atom is 0.196 e. The second-order valence-electron chi connectivity index (χ2n) is 3.50. The lowest BCUT2D eigenvalue weighted by molar-refractivity contribution is 0.103. The smallest absolute Gasteiger partial charge is 0.196 e. The van der Waals surface area contributed by atoms with Crippen molar-refractivity contribution in [3.63, 3.8) is 0 Å². The van der Waals surface area contributed by atoms with Crippen LogP contribution in [0.15, 0.2) is 42.5 Å². The number of hydrogen-bond acceptors (Lipinski definition) is 2. The predicted octanol–water partition coefficient (Wildman–Crippen LogP) is 2.90. The molecule has 0 aliphatic carbocycles. The first-order chi connectivity index (χ1) is 8.08. The van der Waals surface area contributed by atoms with Crippen LogP contribution in [0.5, 0.6) is 5.75 Å². The van der Waals surface area contributed by atoms with Gasteiger partial charge in [-0.2, -0.15) is 0 Å². The Morgan fingerprint density at radius 3 is 2.35 bits per heavy atom. The largest absolute Gasteiger partial charge is 0.507 e. The molecule has 0 unspecified atom stereocenters. The first-order valence-electron chi connectivity index (χ1n) is 4.87. The Hall–Kier alpha value is -2.23. The van der Waals surface area contributed by atoms with Gasteiger partial charge in [-0.05, 0) is 24.3 Å². The summed E-state index contributed by atoms with van der Waals surface area (Å²) in [5.74, 6) is -2.20. The van der Waals surface area contributed by atoms with E-state index in [4.69, 9.17) is 0 Å². The number of rotatable bonds is 2. The van der Waals surface area contributed by atoms with E-state index in [2.05, 4.69) is 0 Å². The van der Waals surface area contributed by atoms with Crippen molar-refractivity contribution in [2.24, 2.45) is 0 Å². The molecule has 1 N–H and O–H groups in total. The molecule has 0 bridgehead atoms. The van der Waals surface area contributed by atoms with Gasteiger partial charge in [0, 0.05) is 11.6 Å². The van der Waals surface area contributed by atoms with Crippen molar-refractivity contribution in [1.29, 1.82) is 0 Å². The summed E-state index contributed by atoms with van der Waals surface area (Å²) < 4.78 is 25.7. The van der Waals surface area contributed by atoms with Gasteiger partial charge in [0.25, 0.3) is 0 Å². The fourth-order valence-corrected chi connectivity index (χ4v) is 1.48. The molecule has 2 aromatic carbocycles. The van der Waals surface area contributed by atoms with E-state index in [1.807, 2.05) is 0 Å². The Kier molecular flexibility index (Phi) is 2.87. The topological polar surface area (TPSA) is 37.3 Å². The Bertz CT molecular complexity index is 579. The molecule has 0 heterocycles. The monoisotopic (exact) mass is 234 g/mol. The van der Waals surface area contributed by atoms with E-state index in [-0.39, 0.29) is 11.1 Å². The van der Waals surface area contributed by atoms with Crippen LogP contribution < -0.4 is 0 Å². The van der Waals surface area contributed by atoms with Crippen molar-refractivity contribution in [3.05, 3.63) is 65.2 Å². The lowest BCUT2D eigenvalue weighted by Gasteiger charge is -2.04. The van der Waals surface area contributed by atoms with Crippen LogP contribution in [0.1, 0.15) is 15.9 Å². The van der Waals surface area contributed by atoms with Gasteiger partial charge in [0.15, 0.2) is 5.78 Å². The molecule has 0 atom stereocenters. The maximum absolute atomic E-state index is 12.9. The van der Waals surface area contributed by atoms with Crippen LogP contribution in [0.2, 0.25) is 0 Å². The Labute approximate surface area is 96.1 Å². The molecule has 2 rings (SSSR count). The fourth-order valence-electron chi connectivity index (χ4n) is 1.48. The van der Waals surface area contributed by atoms with Gasteiger partial charge in [0.05, 0.1) is 5.56 Å². The maximum atomic E-state index is 12.9. The summed E-state index contributed by atoms with van der Waals surface area (Å²) >= 11 is 0. The second kappa shape index (κ2) is 4.33. The minimum absolute atomic E-state index is 0.0583. The Balaban J connectivity index is 2.44. The molecular weight excluding hydrogens is 226 g/mol. The number of phenols is 1. The number of halogens is 2. The standard InChI is InChI=1S/C13H8F2O2/c14-9-3-1-2-8(6-9)13(17)11-5-4-10(15)7-12(11)16/h1-7,16H. The fraction of sp³-hybridized carbons (Fsp3) is 0. The number of hydrogen-bond donors (Lipinski definition) is 1. The molecule has 0 saturated carbocycles. The molecule has 0 saturated heterocycles. The molecule has 0 aliphatic heterocycles. The van der Waals surface area contributed by atoms with Crippen LogP contribution in [0.3, 0.4) is 0 Å². The van der Waals surface area contributed by atoms with Crippen LogP contribution in [0.4, 0.5) is 8.78 Å². The van der Waals surface area contributed by atoms with E-state index >= 15 is 0 Å². The van der Waals surface area contributed by atoms with Gasteiger partial charge in [-0.3, -0.25) is 4.79 Å². The molecule has 0 spiro atoms. The lowest BCUT2D eigenvalue weighted by atomic mass is 10.0. The van der Waals surface area contributed by atoms with Crippen molar-refractivity contribution in [2.45, 2.75) is 0 Å². The highest BCUT2D eigenvalue weighted by Gasteiger charge is 2.14. The van der Waals surface area contributed by atoms with Gasteiger partial charge in [-0.15, -0.1) is 0 Å². The summed E-state index contributed by atoms with van der Waals surface area (Å²) in [5.41, 5.74) is 0.0453. The van der Waals surface area contributed by atoms with Gasteiger partial charge in [0.2, 0.25) is 0 Å². The van der Waals surface area contributed by atoms with Gasteiger partial charge in [-0.1, -0.05) is 12.1 Å². The summed E-state index contributed by atoms with van der Waals surface area (Å²) in [4.78, 5) is 11.9. The van der Waals surface area contributed by atoms with Crippen molar-refractivity contribution >= 4 is 5.78 Å². The third-order valence-electron chi connectivity index (χ3n) is 2.29. The van der Waals surface area contributed by atoms with E-state index < -0.39 is 23.2 Å². The third-order valence-corrected chi connectivity index (χ3v) is 2.29. The normalized spacial score (nSPS) is 10.2. The molecular formula is C13H8F2O2. The number of phenolic OH excluding ortho intramolecular Hbond substituents is 1. The van der Waals surface area contributed by atoms with E-state index in [1.54, 1.807) is 0 Å². The van der Waals surface area contributed by atoms with Crippen LogP contribution in [0.25, 0.3) is 0 Å². The van der Waals surface area contributed by atoms with E-state index in [0.717, 1.165) is 24.3 Å². The summed E-state index contributed by atoms with van der Waals surface area (Å²) in [7, 11) is 0. The molecule has 0 aromatic heterocycles. The number of aromatic hydroxyl groups is 1. The van der Waals surface area contributed by atoms with Gasteiger partial charge >= 0.3 is 0 Å². The first kappa shape index (κ1) is 11.3. The van der Waals surface area contributed by atoms with Crippen molar-refractivity contribution < 1.29 is 18.7 Å². The number of carbonyl (C=O) groups is 1. The molecule has 2 nitrogen and oxygen atoms in total. The summed E-state index contributed by atoms with van der Waals surface area (Å²) in [6, 6.07) is 8.15. The molecule has 86 valence electrons. The Morgan fingerprint density at radius 1 is 1.00 bits per heavy atom. The predicted molar refractivity (Wildman–Crippen MR) is 57.9 cm³/mol. The lowest BCUT2D eigenvalue weighted by Crippen LogP contribution is -2.02. The van der Waals surface area contributed by atoms with Crippen LogP contribution in [-0.4, -0.2) is 10.9 Å². The number of carbonyl (C=O) groups excluding carboxylic acids is 1. The number of ketones is 1. The minimum atomic E-state index is -0.640. The average Bonchev–Trinajstić information content (AvgIpc) is 2.28. The number of benzene rings is 2. The van der Waals surface area contributed by atoms with E-state index in [0.29, 0.717) is 0 Å². The molecule has 4 heteroatoms. The highest BCUT2D eigenvalue weighted by Crippen LogP contribution is 2.21. The van der Waals surface area contributed by atoms with Crippen molar-refractivity contribution in [2.75, 3.05) is 0 Å². The van der Waals surface area contributed by atoms with Gasteiger partial charge < -0.3 is 5.11 Å². The average molecular weight is 234 g/mol. The highest BCUT2D eigenvalue weighted by molar-refractivity contribution is 6.10. The zero-order valence-electron chi connectivity index (χ0n) is 8.65. The van der Waals surface area contributed by atoms with Crippen molar-refractivity contribution in [3.8, 4) is 5.75 Å². The van der Waals surface area contributed by atoms with Crippen molar-refractivity contribution in [1.82, 2.24) is 0 Å². The summed E-state index contributed by atoms with van der Waals surface area (Å²) in [6.07, 6.45) is 0. The first-order valence-corrected chi connectivity index (χ1v) is 4.87. The zero-order valence-corrected chi connectivity index (χ0v) is 8.65. The SMILES string of the molecule is O=C(c1cccc(F)c1)c1ccc(F)cc1O. The van der Waals surface area contributed by atoms with Crippen LogP contribution >= 0.6 is 0 Å². The van der Waals surface area contributed by atoms with E-state index in [1.165, 1.54) is 18.2 Å². The minimum Gasteiger partial charge on any atom is -0.507 e. The molecule has 0 radical (unpaired) electrons.